The third kappa shape index (κ3) is 2.23. The van der Waals surface area contributed by atoms with Crippen molar-refractivity contribution in [2.75, 3.05) is 0 Å². The second kappa shape index (κ2) is 4.57. The first-order chi connectivity index (χ1) is 8.81. The van der Waals surface area contributed by atoms with Crippen LogP contribution in [0.15, 0.2) is 54.6 Å². The Labute approximate surface area is 106 Å². The molecule has 0 fully saturated rings. The summed E-state index contributed by atoms with van der Waals surface area (Å²) in [5.74, 6) is 1.66. The van der Waals surface area contributed by atoms with Gasteiger partial charge in [-0.15, -0.1) is 0 Å². The van der Waals surface area contributed by atoms with E-state index in [4.69, 9.17) is 4.74 Å². The van der Waals surface area contributed by atoms with Crippen molar-refractivity contribution in [3.8, 4) is 17.2 Å². The van der Waals surface area contributed by atoms with Gasteiger partial charge < -0.3 is 9.84 Å². The van der Waals surface area contributed by atoms with Crippen molar-refractivity contribution < 1.29 is 9.84 Å². The molecule has 0 saturated heterocycles. The molecule has 3 rings (SSSR count). The number of hydrogen-bond acceptors (Lipinski definition) is 2. The Morgan fingerprint density at radius 1 is 0.944 bits per heavy atom. The molecule has 2 nitrogen and oxygen atoms in total. The average Bonchev–Trinajstić information content (AvgIpc) is 2.27. The minimum atomic E-state index is 0.213. The molecule has 0 radical (unpaired) electrons. The van der Waals surface area contributed by atoms with Crippen LogP contribution in [0.1, 0.15) is 18.4 Å². The monoisotopic (exact) mass is 238 g/mol. The number of phenolic OH excluding ortho intramolecular Hbond substituents is 1. The zero-order chi connectivity index (χ0) is 12.4. The highest BCUT2D eigenvalue weighted by atomic mass is 16.5. The Morgan fingerprint density at radius 2 is 1.67 bits per heavy atom. The summed E-state index contributed by atoms with van der Waals surface area (Å²) >= 11 is 0. The summed E-state index contributed by atoms with van der Waals surface area (Å²) in [6, 6.07) is 14.9. The van der Waals surface area contributed by atoms with E-state index in [9.17, 15) is 5.11 Å². The molecule has 0 atom stereocenters. The van der Waals surface area contributed by atoms with Gasteiger partial charge in [0, 0.05) is 6.07 Å². The molecule has 0 bridgehead atoms. The maximum absolute atomic E-state index is 9.39. The quantitative estimate of drug-likeness (QED) is 0.860. The molecular formula is C16H14O2. The van der Waals surface area contributed by atoms with Crippen LogP contribution in [0.2, 0.25) is 0 Å². The maximum atomic E-state index is 9.39. The summed E-state index contributed by atoms with van der Waals surface area (Å²) in [4.78, 5) is 0. The van der Waals surface area contributed by atoms with E-state index in [1.54, 1.807) is 18.2 Å². The molecule has 18 heavy (non-hydrogen) atoms. The Balaban J connectivity index is 1.84. The Hall–Kier alpha value is -2.22. The molecule has 1 N–H and O–H groups in total. The van der Waals surface area contributed by atoms with Crippen LogP contribution in [0.5, 0.6) is 17.2 Å². The molecule has 0 amide bonds. The number of phenols is 1. The average molecular weight is 238 g/mol. The summed E-state index contributed by atoms with van der Waals surface area (Å²) in [6.07, 6.45) is 4.57. The Kier molecular flexibility index (Phi) is 2.77. The third-order valence-corrected chi connectivity index (χ3v) is 3.06. The lowest BCUT2D eigenvalue weighted by atomic mass is 9.92. The van der Waals surface area contributed by atoms with Crippen LogP contribution in [0.25, 0.3) is 5.57 Å². The van der Waals surface area contributed by atoms with Gasteiger partial charge in [-0.25, -0.2) is 0 Å². The van der Waals surface area contributed by atoms with Crippen LogP contribution in [0.4, 0.5) is 0 Å². The smallest absolute Gasteiger partial charge is 0.131 e. The SMILES string of the molecule is Oc1cccc(Oc2cccc(C3=CCC3)c2)c1. The van der Waals surface area contributed by atoms with Crippen LogP contribution >= 0.6 is 0 Å². The van der Waals surface area contributed by atoms with Crippen LogP contribution in [-0.4, -0.2) is 5.11 Å². The predicted octanol–water partition coefficient (Wildman–Crippen LogP) is 4.36. The van der Waals surface area contributed by atoms with Crippen molar-refractivity contribution in [2.45, 2.75) is 12.8 Å². The summed E-state index contributed by atoms with van der Waals surface area (Å²) < 4.78 is 5.73. The molecule has 0 heterocycles. The van der Waals surface area contributed by atoms with Crippen molar-refractivity contribution in [1.29, 1.82) is 0 Å². The molecule has 0 aromatic heterocycles. The molecule has 2 aromatic rings. The molecule has 90 valence electrons. The highest BCUT2D eigenvalue weighted by molar-refractivity contribution is 5.70. The van der Waals surface area contributed by atoms with Crippen LogP contribution in [-0.2, 0) is 0 Å². The van der Waals surface area contributed by atoms with E-state index in [2.05, 4.69) is 12.1 Å². The maximum Gasteiger partial charge on any atom is 0.131 e. The second-order valence-electron chi connectivity index (χ2n) is 4.40. The van der Waals surface area contributed by atoms with Crippen LogP contribution in [0, 0.1) is 0 Å². The fourth-order valence-corrected chi connectivity index (χ4v) is 1.99. The van der Waals surface area contributed by atoms with Gasteiger partial charge in [0.15, 0.2) is 0 Å². The minimum absolute atomic E-state index is 0.213. The molecular weight excluding hydrogens is 224 g/mol. The van der Waals surface area contributed by atoms with Crippen molar-refractivity contribution in [3.63, 3.8) is 0 Å². The van der Waals surface area contributed by atoms with E-state index < -0.39 is 0 Å². The van der Waals surface area contributed by atoms with Crippen molar-refractivity contribution in [1.82, 2.24) is 0 Å². The Morgan fingerprint density at radius 3 is 2.33 bits per heavy atom. The van der Waals surface area contributed by atoms with Crippen molar-refractivity contribution in [3.05, 3.63) is 60.2 Å². The van der Waals surface area contributed by atoms with Crippen LogP contribution < -0.4 is 4.74 Å². The molecule has 2 heteroatoms. The standard InChI is InChI=1S/C16H14O2/c17-14-7-3-9-16(11-14)18-15-8-2-6-13(10-15)12-4-1-5-12/h2-4,6-11,17H,1,5H2. The molecule has 0 saturated carbocycles. The van der Waals surface area contributed by atoms with E-state index in [-0.39, 0.29) is 5.75 Å². The minimum Gasteiger partial charge on any atom is -0.508 e. The first-order valence-electron chi connectivity index (χ1n) is 6.08. The first kappa shape index (κ1) is 10.9. The lowest BCUT2D eigenvalue weighted by molar-refractivity contribution is 0.455. The van der Waals surface area contributed by atoms with Crippen molar-refractivity contribution >= 4 is 5.57 Å². The van der Waals surface area contributed by atoms with Gasteiger partial charge in [-0.1, -0.05) is 24.3 Å². The zero-order valence-electron chi connectivity index (χ0n) is 9.97. The normalized spacial score (nSPS) is 13.7. The third-order valence-electron chi connectivity index (χ3n) is 3.06. The summed E-state index contributed by atoms with van der Waals surface area (Å²) in [5.41, 5.74) is 2.61. The summed E-state index contributed by atoms with van der Waals surface area (Å²) in [5, 5.41) is 9.39. The number of allylic oxidation sites excluding steroid dienone is 2. The van der Waals surface area contributed by atoms with Crippen LogP contribution in [0.3, 0.4) is 0 Å². The topological polar surface area (TPSA) is 29.5 Å². The fraction of sp³-hybridized carbons (Fsp3) is 0.125. The summed E-state index contributed by atoms with van der Waals surface area (Å²) in [7, 11) is 0. The highest BCUT2D eigenvalue weighted by Gasteiger charge is 2.09. The number of ether oxygens (including phenoxy) is 1. The van der Waals surface area contributed by atoms with E-state index in [1.807, 2.05) is 24.3 Å². The summed E-state index contributed by atoms with van der Waals surface area (Å²) in [6.45, 7) is 0. The molecule has 0 aliphatic heterocycles. The molecule has 0 unspecified atom stereocenters. The number of hydrogen-bond donors (Lipinski definition) is 1. The molecule has 2 aromatic carbocycles. The number of rotatable bonds is 3. The van der Waals surface area contributed by atoms with Gasteiger partial charge in [0.1, 0.15) is 17.2 Å². The van der Waals surface area contributed by atoms with Gasteiger partial charge >= 0.3 is 0 Å². The van der Waals surface area contributed by atoms with E-state index in [0.717, 1.165) is 12.2 Å². The van der Waals surface area contributed by atoms with Crippen molar-refractivity contribution in [2.24, 2.45) is 0 Å². The lowest BCUT2D eigenvalue weighted by Gasteiger charge is -2.15. The molecule has 1 aliphatic rings. The highest BCUT2D eigenvalue weighted by Crippen LogP contribution is 2.32. The van der Waals surface area contributed by atoms with Gasteiger partial charge in [-0.2, -0.15) is 0 Å². The van der Waals surface area contributed by atoms with Gasteiger partial charge in [0.2, 0.25) is 0 Å². The lowest BCUT2D eigenvalue weighted by Crippen LogP contribution is -1.93. The van der Waals surface area contributed by atoms with Gasteiger partial charge in [-0.3, -0.25) is 0 Å². The predicted molar refractivity (Wildman–Crippen MR) is 71.8 cm³/mol. The van der Waals surface area contributed by atoms with E-state index >= 15 is 0 Å². The van der Waals surface area contributed by atoms with Gasteiger partial charge in [-0.05, 0) is 48.2 Å². The van der Waals surface area contributed by atoms with E-state index in [1.165, 1.54) is 17.6 Å². The Bertz CT molecular complexity index is 600. The van der Waals surface area contributed by atoms with Gasteiger partial charge in [0.25, 0.3) is 0 Å². The number of benzene rings is 2. The van der Waals surface area contributed by atoms with Gasteiger partial charge in [0.05, 0.1) is 0 Å². The molecule has 1 aliphatic carbocycles. The second-order valence-corrected chi connectivity index (χ2v) is 4.40. The van der Waals surface area contributed by atoms with E-state index in [0.29, 0.717) is 5.75 Å². The molecule has 0 spiro atoms. The fourth-order valence-electron chi connectivity index (χ4n) is 1.99. The largest absolute Gasteiger partial charge is 0.508 e. The first-order valence-corrected chi connectivity index (χ1v) is 6.08. The number of aromatic hydroxyl groups is 1. The zero-order valence-corrected chi connectivity index (χ0v) is 9.97.